The molecule has 0 bridgehead atoms. The average Bonchev–Trinajstić information content (AvgIpc) is 3.33. The number of rotatable bonds is 5. The van der Waals surface area contributed by atoms with Crippen LogP contribution in [-0.4, -0.2) is 39.5 Å². The Hall–Kier alpha value is -3.67. The van der Waals surface area contributed by atoms with Gasteiger partial charge in [0.05, 0.1) is 28.5 Å². The number of benzene rings is 1. The molecule has 1 aromatic carbocycles. The number of anilines is 1. The van der Waals surface area contributed by atoms with Crippen LogP contribution in [0, 0.1) is 11.7 Å². The number of hydrogen-bond acceptors (Lipinski definition) is 5. The van der Waals surface area contributed by atoms with Crippen molar-refractivity contribution in [2.45, 2.75) is 12.8 Å². The molecule has 0 saturated carbocycles. The highest BCUT2D eigenvalue weighted by molar-refractivity contribution is 6.30. The molecule has 1 aliphatic rings. The lowest BCUT2D eigenvalue weighted by Crippen LogP contribution is -2.24. The minimum atomic E-state index is -5.02. The van der Waals surface area contributed by atoms with Gasteiger partial charge >= 0.3 is 6.36 Å². The van der Waals surface area contributed by atoms with Crippen molar-refractivity contribution in [3.63, 3.8) is 0 Å². The van der Waals surface area contributed by atoms with Gasteiger partial charge in [-0.25, -0.2) is 9.07 Å². The Labute approximate surface area is 188 Å². The summed E-state index contributed by atoms with van der Waals surface area (Å²) in [5.41, 5.74) is 0.416. The summed E-state index contributed by atoms with van der Waals surface area (Å²) in [7, 11) is 0. The van der Waals surface area contributed by atoms with E-state index in [-0.39, 0.29) is 41.0 Å². The number of pyridine rings is 1. The van der Waals surface area contributed by atoms with Crippen molar-refractivity contribution in [1.82, 2.24) is 20.1 Å². The quantitative estimate of drug-likeness (QED) is 0.539. The Morgan fingerprint density at radius 2 is 2.00 bits per heavy atom. The second-order valence-corrected chi connectivity index (χ2v) is 7.54. The summed E-state index contributed by atoms with van der Waals surface area (Å²) in [6.07, 6.45) is -2.27. The third-order valence-electron chi connectivity index (χ3n) is 4.64. The van der Waals surface area contributed by atoms with E-state index < -0.39 is 29.8 Å². The number of hydrogen-bond donors (Lipinski definition) is 2. The molecule has 0 radical (unpaired) electrons. The predicted molar refractivity (Wildman–Crippen MR) is 108 cm³/mol. The van der Waals surface area contributed by atoms with Gasteiger partial charge in [-0.15, -0.1) is 18.3 Å². The number of carbonyl (C=O) groups excluding carboxylic acids is 2. The van der Waals surface area contributed by atoms with Crippen molar-refractivity contribution >= 4 is 29.2 Å². The molecule has 4 rings (SSSR count). The van der Waals surface area contributed by atoms with Gasteiger partial charge in [0.2, 0.25) is 11.8 Å². The molecular weight excluding hydrogens is 470 g/mol. The van der Waals surface area contributed by atoms with Crippen LogP contribution in [0.15, 0.2) is 42.7 Å². The molecule has 3 heterocycles. The van der Waals surface area contributed by atoms with Crippen molar-refractivity contribution in [1.29, 1.82) is 0 Å². The molecule has 1 aliphatic heterocycles. The normalized spacial score (nSPS) is 15.9. The van der Waals surface area contributed by atoms with Crippen LogP contribution in [0.3, 0.4) is 0 Å². The molecule has 172 valence electrons. The van der Waals surface area contributed by atoms with Crippen LogP contribution >= 0.6 is 11.6 Å². The molecule has 3 aromatic rings. The first-order valence-corrected chi connectivity index (χ1v) is 9.80. The van der Waals surface area contributed by atoms with E-state index in [0.717, 1.165) is 12.1 Å². The van der Waals surface area contributed by atoms with Gasteiger partial charge < -0.3 is 15.4 Å². The number of aromatic nitrogens is 3. The first-order chi connectivity index (χ1) is 15.6. The number of halogens is 5. The summed E-state index contributed by atoms with van der Waals surface area (Å²) in [4.78, 5) is 27.8. The standard InChI is InChI=1S/C20H14ClF4N5O3/c21-12-4-14(9-26-8-12)30-16(10-1-13(22)5-15(2-10)33-20(23,24)25)6-17(29-30)28-19(32)11-3-18(31)27-7-11/h1-2,4-6,8-9,11H,3,7H2,(H,27,31)(H,28,29,32)/t11-/m1/s1. The van der Waals surface area contributed by atoms with Gasteiger partial charge in [0, 0.05) is 36.9 Å². The zero-order valence-electron chi connectivity index (χ0n) is 16.5. The minimum absolute atomic E-state index is 0.0135. The Morgan fingerprint density at radius 1 is 1.21 bits per heavy atom. The van der Waals surface area contributed by atoms with Gasteiger partial charge in [0.15, 0.2) is 5.82 Å². The van der Waals surface area contributed by atoms with Crippen molar-refractivity contribution < 1.29 is 31.9 Å². The van der Waals surface area contributed by atoms with Gasteiger partial charge in [0.25, 0.3) is 0 Å². The topological polar surface area (TPSA) is 98.1 Å². The van der Waals surface area contributed by atoms with Crippen LogP contribution in [-0.2, 0) is 9.59 Å². The summed E-state index contributed by atoms with van der Waals surface area (Å²) in [5.74, 6) is -3.07. The molecule has 0 unspecified atom stereocenters. The van der Waals surface area contributed by atoms with Gasteiger partial charge in [-0.2, -0.15) is 0 Å². The third kappa shape index (κ3) is 5.40. The summed E-state index contributed by atoms with van der Waals surface area (Å²) in [5, 5.41) is 9.61. The molecule has 2 amide bonds. The Bertz CT molecular complexity index is 1230. The number of nitrogens with zero attached hydrogens (tertiary/aromatic N) is 3. The van der Waals surface area contributed by atoms with Gasteiger partial charge in [-0.05, 0) is 18.2 Å². The van der Waals surface area contributed by atoms with E-state index in [9.17, 15) is 27.2 Å². The van der Waals surface area contributed by atoms with Crippen LogP contribution in [0.25, 0.3) is 16.9 Å². The first-order valence-electron chi connectivity index (χ1n) is 9.43. The van der Waals surface area contributed by atoms with Crippen LogP contribution in [0.4, 0.5) is 23.4 Å². The Kier molecular flexibility index (Phi) is 5.93. The lowest BCUT2D eigenvalue weighted by atomic mass is 10.1. The van der Waals surface area contributed by atoms with Crippen LogP contribution < -0.4 is 15.4 Å². The summed E-state index contributed by atoms with van der Waals surface area (Å²) >= 11 is 5.99. The number of amides is 2. The van der Waals surface area contributed by atoms with E-state index >= 15 is 0 Å². The molecule has 0 aliphatic carbocycles. The largest absolute Gasteiger partial charge is 0.573 e. The van der Waals surface area contributed by atoms with E-state index in [1.165, 1.54) is 29.2 Å². The van der Waals surface area contributed by atoms with E-state index in [1.807, 2.05) is 0 Å². The Balaban J connectivity index is 1.75. The van der Waals surface area contributed by atoms with Crippen LogP contribution in [0.5, 0.6) is 5.75 Å². The maximum absolute atomic E-state index is 14.1. The van der Waals surface area contributed by atoms with Gasteiger partial charge in [0.1, 0.15) is 11.6 Å². The highest BCUT2D eigenvalue weighted by Gasteiger charge is 2.32. The first kappa shape index (κ1) is 22.5. The average molecular weight is 484 g/mol. The molecule has 2 N–H and O–H groups in total. The zero-order valence-corrected chi connectivity index (χ0v) is 17.2. The molecule has 13 heteroatoms. The van der Waals surface area contributed by atoms with Crippen molar-refractivity contribution in [2.24, 2.45) is 5.92 Å². The molecule has 1 fully saturated rings. The summed E-state index contributed by atoms with van der Waals surface area (Å²) in [6, 6.07) is 5.37. The highest BCUT2D eigenvalue weighted by Crippen LogP contribution is 2.32. The summed E-state index contributed by atoms with van der Waals surface area (Å²) < 4.78 is 57.2. The smallest absolute Gasteiger partial charge is 0.406 e. The molecular formula is C20H14ClF4N5O3. The second kappa shape index (κ2) is 8.70. The van der Waals surface area contributed by atoms with Crippen molar-refractivity contribution in [3.8, 4) is 22.7 Å². The van der Waals surface area contributed by atoms with E-state index in [1.54, 1.807) is 0 Å². The van der Waals surface area contributed by atoms with Crippen LogP contribution in [0.2, 0.25) is 5.02 Å². The zero-order chi connectivity index (χ0) is 23.8. The number of alkyl halides is 3. The van der Waals surface area contributed by atoms with E-state index in [4.69, 9.17) is 11.6 Å². The molecule has 8 nitrogen and oxygen atoms in total. The van der Waals surface area contributed by atoms with Crippen LogP contribution in [0.1, 0.15) is 6.42 Å². The monoisotopic (exact) mass is 483 g/mol. The van der Waals surface area contributed by atoms with Crippen molar-refractivity contribution in [3.05, 3.63) is 53.6 Å². The second-order valence-electron chi connectivity index (χ2n) is 7.11. The molecule has 1 atom stereocenters. The fourth-order valence-electron chi connectivity index (χ4n) is 3.28. The molecule has 2 aromatic heterocycles. The number of ether oxygens (including phenoxy) is 1. The number of nitrogens with one attached hydrogen (secondary N) is 2. The molecule has 0 spiro atoms. The molecule has 1 saturated heterocycles. The maximum atomic E-state index is 14.1. The maximum Gasteiger partial charge on any atom is 0.573 e. The van der Waals surface area contributed by atoms with E-state index in [0.29, 0.717) is 11.8 Å². The lowest BCUT2D eigenvalue weighted by molar-refractivity contribution is -0.274. The summed E-state index contributed by atoms with van der Waals surface area (Å²) in [6.45, 7) is 0.165. The highest BCUT2D eigenvalue weighted by atomic mass is 35.5. The SMILES string of the molecule is O=C1C[C@@H](C(=O)Nc2cc(-c3cc(F)cc(OC(F)(F)F)c3)n(-c3cncc(Cl)c3)n2)CN1. The van der Waals surface area contributed by atoms with Gasteiger partial charge in [-0.3, -0.25) is 14.6 Å². The van der Waals surface area contributed by atoms with Crippen molar-refractivity contribution in [2.75, 3.05) is 11.9 Å². The third-order valence-corrected chi connectivity index (χ3v) is 4.85. The Morgan fingerprint density at radius 3 is 2.67 bits per heavy atom. The lowest BCUT2D eigenvalue weighted by Gasteiger charge is -2.12. The van der Waals surface area contributed by atoms with E-state index in [2.05, 4.69) is 25.5 Å². The predicted octanol–water partition coefficient (Wildman–Crippen LogP) is 3.70. The number of carbonyl (C=O) groups is 2. The fourth-order valence-corrected chi connectivity index (χ4v) is 3.45. The minimum Gasteiger partial charge on any atom is -0.406 e. The molecule has 33 heavy (non-hydrogen) atoms. The van der Waals surface area contributed by atoms with Gasteiger partial charge in [-0.1, -0.05) is 11.6 Å². The fraction of sp³-hybridized carbons (Fsp3) is 0.200.